The summed E-state index contributed by atoms with van der Waals surface area (Å²) in [4.78, 5) is 17.9. The molecule has 194 valence electrons. The predicted octanol–water partition coefficient (Wildman–Crippen LogP) is 5.56. The van der Waals surface area contributed by atoms with Crippen molar-refractivity contribution in [1.29, 1.82) is 0 Å². The van der Waals surface area contributed by atoms with Crippen molar-refractivity contribution in [3.05, 3.63) is 88.4 Å². The Labute approximate surface area is 229 Å². The van der Waals surface area contributed by atoms with Gasteiger partial charge in [-0.25, -0.2) is 0 Å². The molecule has 1 amide bonds. The van der Waals surface area contributed by atoms with Crippen LogP contribution in [0.2, 0.25) is 5.02 Å². The van der Waals surface area contributed by atoms with Crippen molar-refractivity contribution < 1.29 is 14.3 Å². The van der Waals surface area contributed by atoms with E-state index in [1.807, 2.05) is 50.2 Å². The van der Waals surface area contributed by atoms with Crippen molar-refractivity contribution in [2.45, 2.75) is 20.4 Å². The summed E-state index contributed by atoms with van der Waals surface area (Å²) in [6.07, 6.45) is 0. The summed E-state index contributed by atoms with van der Waals surface area (Å²) in [7, 11) is 0. The van der Waals surface area contributed by atoms with Crippen LogP contribution in [-0.2, 0) is 11.3 Å². The van der Waals surface area contributed by atoms with Crippen LogP contribution < -0.4 is 14.8 Å². The lowest BCUT2D eigenvalue weighted by atomic mass is 10.1. The van der Waals surface area contributed by atoms with Gasteiger partial charge in [0.05, 0.1) is 6.61 Å². The molecule has 0 saturated carbocycles. The first-order valence-electron chi connectivity index (χ1n) is 12.4. The number of benzene rings is 3. The Hall–Kier alpha value is -3.13. The van der Waals surface area contributed by atoms with E-state index in [4.69, 9.17) is 33.3 Å². The van der Waals surface area contributed by atoms with Gasteiger partial charge in [-0.2, -0.15) is 0 Å². The monoisotopic (exact) mass is 537 g/mol. The molecule has 0 bridgehead atoms. The van der Waals surface area contributed by atoms with Gasteiger partial charge >= 0.3 is 0 Å². The Morgan fingerprint density at radius 1 is 0.973 bits per heavy atom. The summed E-state index contributed by atoms with van der Waals surface area (Å²) in [5.74, 6) is 0.782. The molecule has 0 atom stereocenters. The minimum absolute atomic E-state index is 0.154. The molecule has 1 aliphatic heterocycles. The molecular weight excluding hydrogens is 506 g/mol. The highest BCUT2D eigenvalue weighted by molar-refractivity contribution is 7.80. The van der Waals surface area contributed by atoms with E-state index in [2.05, 4.69) is 39.4 Å². The van der Waals surface area contributed by atoms with Crippen LogP contribution >= 0.6 is 23.8 Å². The molecule has 8 heteroatoms. The Kier molecular flexibility index (Phi) is 9.39. The molecule has 3 aromatic carbocycles. The van der Waals surface area contributed by atoms with E-state index in [0.29, 0.717) is 28.8 Å². The van der Waals surface area contributed by atoms with Crippen LogP contribution in [0.3, 0.4) is 0 Å². The third-order valence-corrected chi connectivity index (χ3v) is 7.11. The second kappa shape index (κ2) is 12.9. The number of hydrogen-bond donors (Lipinski definition) is 1. The highest BCUT2D eigenvalue weighted by Crippen LogP contribution is 2.30. The van der Waals surface area contributed by atoms with Crippen molar-refractivity contribution in [3.8, 4) is 11.5 Å². The van der Waals surface area contributed by atoms with Crippen LogP contribution in [0.4, 0.5) is 5.69 Å². The van der Waals surface area contributed by atoms with Crippen molar-refractivity contribution in [2.75, 3.05) is 44.7 Å². The molecule has 0 aliphatic carbocycles. The number of carbonyl (C=O) groups excluding carboxylic acids is 1. The summed E-state index contributed by atoms with van der Waals surface area (Å²) in [5, 5.41) is 3.40. The van der Waals surface area contributed by atoms with Crippen molar-refractivity contribution in [3.63, 3.8) is 0 Å². The molecule has 0 unspecified atom stereocenters. The van der Waals surface area contributed by atoms with Gasteiger partial charge in [-0.3, -0.25) is 9.69 Å². The maximum atomic E-state index is 12.4. The molecule has 0 aromatic heterocycles. The smallest absolute Gasteiger partial charge is 0.262 e. The zero-order valence-corrected chi connectivity index (χ0v) is 22.8. The number of amides is 1. The summed E-state index contributed by atoms with van der Waals surface area (Å²) in [6.45, 7) is 8.74. The van der Waals surface area contributed by atoms with Gasteiger partial charge in [0.2, 0.25) is 0 Å². The van der Waals surface area contributed by atoms with E-state index in [9.17, 15) is 4.79 Å². The first-order chi connectivity index (χ1) is 17.9. The van der Waals surface area contributed by atoms with E-state index in [1.165, 1.54) is 5.56 Å². The Bertz CT molecular complexity index is 1230. The fourth-order valence-corrected chi connectivity index (χ4v) is 4.66. The molecule has 37 heavy (non-hydrogen) atoms. The minimum Gasteiger partial charge on any atom is -0.490 e. The maximum Gasteiger partial charge on any atom is 0.262 e. The van der Waals surface area contributed by atoms with Crippen molar-refractivity contribution in [2.24, 2.45) is 0 Å². The van der Waals surface area contributed by atoms with Crippen LogP contribution in [0.25, 0.3) is 0 Å². The number of hydrogen-bond acceptors (Lipinski definition) is 5. The van der Waals surface area contributed by atoms with Crippen LogP contribution in [0, 0.1) is 6.92 Å². The average Bonchev–Trinajstić information content (AvgIpc) is 2.91. The number of nitrogens with one attached hydrogen (secondary N) is 1. The molecule has 1 saturated heterocycles. The number of thiocarbonyl (C=S) groups is 1. The minimum atomic E-state index is -0.282. The quantitative estimate of drug-likeness (QED) is 0.361. The highest BCUT2D eigenvalue weighted by Gasteiger charge is 2.21. The number of halogens is 1. The summed E-state index contributed by atoms with van der Waals surface area (Å²) in [5.41, 5.74) is 3.80. The number of piperazine rings is 1. The number of carbonyl (C=O) groups is 1. The number of rotatable bonds is 9. The predicted molar refractivity (Wildman–Crippen MR) is 153 cm³/mol. The molecular formula is C29H32ClN3O3S. The second-order valence-corrected chi connectivity index (χ2v) is 9.74. The molecule has 1 N–H and O–H groups in total. The van der Waals surface area contributed by atoms with E-state index in [1.54, 1.807) is 6.07 Å². The van der Waals surface area contributed by atoms with Crippen LogP contribution in [0.15, 0.2) is 66.7 Å². The standard InChI is InChI=1S/C29H32ClN3O3S/c1-3-35-27-17-23(29(37)33-15-13-32(14-16-33)19-22-7-5-4-6-8-22)10-12-26(27)36-20-28(34)31-24-11-9-21(2)25(30)18-24/h4-12,17-18H,3,13-16,19-20H2,1-2H3,(H,31,34). The molecule has 1 fully saturated rings. The SMILES string of the molecule is CCOc1cc(C(=S)N2CCN(Cc3ccccc3)CC2)ccc1OCC(=O)Nc1ccc(C)c(Cl)c1. The van der Waals surface area contributed by atoms with Gasteiger partial charge in [0.1, 0.15) is 4.99 Å². The normalized spacial score (nSPS) is 13.8. The zero-order valence-electron chi connectivity index (χ0n) is 21.2. The maximum absolute atomic E-state index is 12.4. The fraction of sp³-hybridized carbons (Fsp3) is 0.310. The Balaban J connectivity index is 1.33. The number of ether oxygens (including phenoxy) is 2. The van der Waals surface area contributed by atoms with Gasteiger partial charge in [-0.15, -0.1) is 0 Å². The van der Waals surface area contributed by atoms with Crippen LogP contribution in [-0.4, -0.2) is 60.1 Å². The highest BCUT2D eigenvalue weighted by atomic mass is 35.5. The largest absolute Gasteiger partial charge is 0.490 e. The van der Waals surface area contributed by atoms with Gasteiger partial charge in [0.15, 0.2) is 18.1 Å². The van der Waals surface area contributed by atoms with Crippen molar-refractivity contribution >= 4 is 40.4 Å². The molecule has 6 nitrogen and oxygen atoms in total. The Morgan fingerprint density at radius 3 is 2.43 bits per heavy atom. The van der Waals surface area contributed by atoms with Gasteiger partial charge < -0.3 is 19.7 Å². The molecule has 4 rings (SSSR count). The summed E-state index contributed by atoms with van der Waals surface area (Å²) in [6, 6.07) is 21.6. The van der Waals surface area contributed by atoms with Gasteiger partial charge in [-0.05, 0) is 55.3 Å². The molecule has 3 aromatic rings. The van der Waals surface area contributed by atoms with Gasteiger partial charge in [0.25, 0.3) is 5.91 Å². The average molecular weight is 538 g/mol. The molecule has 1 aliphatic rings. The number of aryl methyl sites for hydroxylation is 1. The topological polar surface area (TPSA) is 54.0 Å². The lowest BCUT2D eigenvalue weighted by Crippen LogP contribution is -2.48. The molecule has 0 radical (unpaired) electrons. The van der Waals surface area contributed by atoms with Crippen molar-refractivity contribution in [1.82, 2.24) is 9.80 Å². The fourth-order valence-electron chi connectivity index (χ4n) is 4.17. The third-order valence-electron chi connectivity index (χ3n) is 6.21. The van der Waals surface area contributed by atoms with E-state index in [0.717, 1.165) is 48.8 Å². The first kappa shape index (κ1) is 26.9. The van der Waals surface area contributed by atoms with Crippen LogP contribution in [0.1, 0.15) is 23.6 Å². The summed E-state index contributed by atoms with van der Waals surface area (Å²) < 4.78 is 11.6. The molecule has 0 spiro atoms. The molecule has 1 heterocycles. The number of anilines is 1. The van der Waals surface area contributed by atoms with Crippen LogP contribution in [0.5, 0.6) is 11.5 Å². The number of nitrogens with zero attached hydrogens (tertiary/aromatic N) is 2. The van der Waals surface area contributed by atoms with E-state index in [-0.39, 0.29) is 12.5 Å². The lowest BCUT2D eigenvalue weighted by Gasteiger charge is -2.36. The first-order valence-corrected chi connectivity index (χ1v) is 13.2. The second-order valence-electron chi connectivity index (χ2n) is 8.95. The van der Waals surface area contributed by atoms with Gasteiger partial charge in [-0.1, -0.05) is 60.2 Å². The van der Waals surface area contributed by atoms with Gasteiger partial charge in [0, 0.05) is 49.0 Å². The third kappa shape index (κ3) is 7.44. The van der Waals surface area contributed by atoms with E-state index < -0.39 is 0 Å². The van der Waals surface area contributed by atoms with E-state index >= 15 is 0 Å². The lowest BCUT2D eigenvalue weighted by molar-refractivity contribution is -0.118. The Morgan fingerprint density at radius 2 is 1.73 bits per heavy atom. The summed E-state index contributed by atoms with van der Waals surface area (Å²) >= 11 is 12.0. The zero-order chi connectivity index (χ0) is 26.2.